The molecular formula is C19H14ClNO6. The number of ether oxygens (including phenoxy) is 3. The molecule has 1 heterocycles. The first-order valence-corrected chi connectivity index (χ1v) is 8.12. The highest BCUT2D eigenvalue weighted by Crippen LogP contribution is 2.37. The van der Waals surface area contributed by atoms with E-state index in [-0.39, 0.29) is 17.0 Å². The predicted octanol–water partition coefficient (Wildman–Crippen LogP) is 4.25. The first kappa shape index (κ1) is 18.5. The third kappa shape index (κ3) is 3.78. The normalized spacial score (nSPS) is 14.7. The molecule has 2 aromatic carbocycles. The van der Waals surface area contributed by atoms with E-state index in [4.69, 9.17) is 25.8 Å². The Balaban J connectivity index is 2.05. The highest BCUT2D eigenvalue weighted by atomic mass is 35.5. The number of hydrogen-bond donors (Lipinski definition) is 0. The van der Waals surface area contributed by atoms with Gasteiger partial charge in [0, 0.05) is 28.3 Å². The smallest absolute Gasteiger partial charge is 0.343 e. The molecule has 7 nitrogen and oxygen atoms in total. The van der Waals surface area contributed by atoms with E-state index in [0.717, 1.165) is 0 Å². The topological polar surface area (TPSA) is 87.9 Å². The molecule has 0 bridgehead atoms. The average molecular weight is 388 g/mol. The van der Waals surface area contributed by atoms with Gasteiger partial charge in [0.25, 0.3) is 0 Å². The van der Waals surface area contributed by atoms with E-state index in [1.165, 1.54) is 32.4 Å². The van der Waals surface area contributed by atoms with Crippen molar-refractivity contribution < 1.29 is 23.9 Å². The van der Waals surface area contributed by atoms with Gasteiger partial charge in [0.2, 0.25) is 5.75 Å². The molecule has 3 rings (SSSR count). The third-order valence-corrected chi connectivity index (χ3v) is 4.14. The van der Waals surface area contributed by atoms with Crippen molar-refractivity contribution in [1.29, 1.82) is 0 Å². The number of nitro benzene ring substituents is 1. The fraction of sp³-hybridized carbons (Fsp3) is 0.105. The van der Waals surface area contributed by atoms with E-state index in [9.17, 15) is 14.9 Å². The highest BCUT2D eigenvalue weighted by Gasteiger charge is 2.24. The van der Waals surface area contributed by atoms with Crippen molar-refractivity contribution in [2.75, 3.05) is 14.2 Å². The molecule has 138 valence electrons. The van der Waals surface area contributed by atoms with Gasteiger partial charge in [-0.15, -0.1) is 0 Å². The summed E-state index contributed by atoms with van der Waals surface area (Å²) < 4.78 is 15.6. The van der Waals surface area contributed by atoms with E-state index in [1.54, 1.807) is 30.3 Å². The van der Waals surface area contributed by atoms with Gasteiger partial charge in [-0.25, -0.2) is 4.79 Å². The van der Waals surface area contributed by atoms with Gasteiger partial charge in [-0.3, -0.25) is 10.1 Å². The molecule has 1 aliphatic rings. The number of hydrogen-bond acceptors (Lipinski definition) is 6. The maximum atomic E-state index is 12.2. The Kier molecular flexibility index (Phi) is 5.14. The van der Waals surface area contributed by atoms with Crippen molar-refractivity contribution >= 4 is 35.1 Å². The fourth-order valence-corrected chi connectivity index (χ4v) is 2.70. The molecule has 0 amide bonds. The van der Waals surface area contributed by atoms with E-state index in [0.29, 0.717) is 27.7 Å². The van der Waals surface area contributed by atoms with E-state index in [1.807, 2.05) is 0 Å². The van der Waals surface area contributed by atoms with Crippen LogP contribution < -0.4 is 9.47 Å². The van der Waals surface area contributed by atoms with Crippen LogP contribution in [0.1, 0.15) is 11.1 Å². The molecule has 0 aliphatic carbocycles. The summed E-state index contributed by atoms with van der Waals surface area (Å²) in [5, 5.41) is 11.8. The summed E-state index contributed by atoms with van der Waals surface area (Å²) in [6, 6.07) is 9.50. The summed E-state index contributed by atoms with van der Waals surface area (Å²) in [7, 11) is 2.75. The first-order chi connectivity index (χ1) is 12.9. The van der Waals surface area contributed by atoms with Gasteiger partial charge in [0.1, 0.15) is 11.5 Å². The quantitative estimate of drug-likeness (QED) is 0.330. The molecule has 2 aromatic rings. The van der Waals surface area contributed by atoms with Crippen LogP contribution in [0.2, 0.25) is 5.02 Å². The van der Waals surface area contributed by atoms with Gasteiger partial charge in [0.15, 0.2) is 0 Å². The van der Waals surface area contributed by atoms with Crippen LogP contribution >= 0.6 is 11.6 Å². The van der Waals surface area contributed by atoms with Crippen LogP contribution in [0.25, 0.3) is 11.8 Å². The number of nitro groups is 1. The number of benzene rings is 2. The molecule has 0 unspecified atom stereocenters. The average Bonchev–Trinajstić information content (AvgIpc) is 3.02. The van der Waals surface area contributed by atoms with Crippen molar-refractivity contribution in [2.45, 2.75) is 0 Å². The Morgan fingerprint density at radius 2 is 1.78 bits per heavy atom. The molecule has 1 aliphatic heterocycles. The molecule has 0 fully saturated rings. The molecule has 0 saturated heterocycles. The molecule has 27 heavy (non-hydrogen) atoms. The molecule has 0 atom stereocenters. The van der Waals surface area contributed by atoms with Gasteiger partial charge in [-0.2, -0.15) is 0 Å². The number of carbonyl (C=O) groups is 1. The zero-order valence-electron chi connectivity index (χ0n) is 14.4. The van der Waals surface area contributed by atoms with E-state index < -0.39 is 10.9 Å². The minimum atomic E-state index is -0.569. The Morgan fingerprint density at radius 3 is 2.37 bits per heavy atom. The summed E-state index contributed by atoms with van der Waals surface area (Å²) in [6.07, 6.45) is 3.03. The fourth-order valence-electron chi connectivity index (χ4n) is 2.57. The first-order valence-electron chi connectivity index (χ1n) is 7.75. The zero-order chi connectivity index (χ0) is 19.6. The van der Waals surface area contributed by atoms with Gasteiger partial charge in [0.05, 0.1) is 24.7 Å². The molecule has 8 heteroatoms. The van der Waals surface area contributed by atoms with Crippen LogP contribution in [0, 0.1) is 10.1 Å². The standard InChI is InChI=1S/C19H14ClNO6/c1-25-16-10-18(26-2)15(21(23)24)8-12(16)7-13-9-17(27-19(13)22)11-3-5-14(20)6-4-11/h3-10H,1-2H3/b13-7+. The number of halogens is 1. The minimum absolute atomic E-state index is 0.0605. The highest BCUT2D eigenvalue weighted by molar-refractivity contribution is 6.30. The lowest BCUT2D eigenvalue weighted by molar-refractivity contribution is -0.385. The molecule has 0 saturated carbocycles. The number of methoxy groups -OCH3 is 2. The second kappa shape index (κ2) is 7.51. The maximum absolute atomic E-state index is 12.2. The van der Waals surface area contributed by atoms with Crippen LogP contribution in [0.5, 0.6) is 11.5 Å². The molecular weight excluding hydrogens is 374 g/mol. The summed E-state index contributed by atoms with van der Waals surface area (Å²) in [6.45, 7) is 0. The number of esters is 1. The van der Waals surface area contributed by atoms with Crippen molar-refractivity contribution in [3.8, 4) is 11.5 Å². The third-order valence-electron chi connectivity index (χ3n) is 3.89. The number of nitrogens with zero attached hydrogens (tertiary/aromatic N) is 1. The largest absolute Gasteiger partial charge is 0.496 e. The summed E-state index contributed by atoms with van der Waals surface area (Å²) >= 11 is 5.86. The van der Waals surface area contributed by atoms with Crippen molar-refractivity contribution in [1.82, 2.24) is 0 Å². The lowest BCUT2D eigenvalue weighted by atomic mass is 10.1. The van der Waals surface area contributed by atoms with Gasteiger partial charge in [-0.05, 0) is 36.4 Å². The Hall–Kier alpha value is -3.32. The van der Waals surface area contributed by atoms with Crippen LogP contribution in [-0.4, -0.2) is 25.1 Å². The van der Waals surface area contributed by atoms with E-state index in [2.05, 4.69) is 0 Å². The van der Waals surface area contributed by atoms with Crippen molar-refractivity contribution in [2.24, 2.45) is 0 Å². The zero-order valence-corrected chi connectivity index (χ0v) is 15.1. The number of cyclic esters (lactones) is 1. The lowest BCUT2D eigenvalue weighted by Crippen LogP contribution is -1.99. The second-order valence-corrected chi connectivity index (χ2v) is 5.96. The summed E-state index contributed by atoms with van der Waals surface area (Å²) in [5.41, 5.74) is 1.03. The Morgan fingerprint density at radius 1 is 1.11 bits per heavy atom. The van der Waals surface area contributed by atoms with Crippen LogP contribution in [-0.2, 0) is 9.53 Å². The van der Waals surface area contributed by atoms with Crippen LogP contribution in [0.4, 0.5) is 5.69 Å². The SMILES string of the molecule is COc1cc(OC)c([N+](=O)[O-])cc1/C=C1\C=C(c2ccc(Cl)cc2)OC1=O. The monoisotopic (exact) mass is 387 g/mol. The van der Waals surface area contributed by atoms with Gasteiger partial charge in [-0.1, -0.05) is 11.6 Å². The van der Waals surface area contributed by atoms with E-state index >= 15 is 0 Å². The number of carbonyl (C=O) groups excluding carboxylic acids is 1. The van der Waals surface area contributed by atoms with Gasteiger partial charge >= 0.3 is 11.7 Å². The molecule has 0 aromatic heterocycles. The number of rotatable bonds is 5. The van der Waals surface area contributed by atoms with Crippen molar-refractivity contribution in [3.05, 3.63) is 74.3 Å². The molecule has 0 radical (unpaired) electrons. The summed E-state index contributed by atoms with van der Waals surface area (Å²) in [4.78, 5) is 22.9. The minimum Gasteiger partial charge on any atom is -0.496 e. The lowest BCUT2D eigenvalue weighted by Gasteiger charge is -2.08. The Labute approximate surface area is 159 Å². The summed E-state index contributed by atoms with van der Waals surface area (Å²) in [5.74, 6) is 0.182. The van der Waals surface area contributed by atoms with Crippen molar-refractivity contribution in [3.63, 3.8) is 0 Å². The van der Waals surface area contributed by atoms with Crippen LogP contribution in [0.15, 0.2) is 48.0 Å². The molecule has 0 spiro atoms. The Bertz CT molecular complexity index is 978. The predicted molar refractivity (Wildman–Crippen MR) is 99.7 cm³/mol. The second-order valence-electron chi connectivity index (χ2n) is 5.53. The van der Waals surface area contributed by atoms with Gasteiger partial charge < -0.3 is 14.2 Å². The van der Waals surface area contributed by atoms with Crippen LogP contribution in [0.3, 0.4) is 0 Å². The maximum Gasteiger partial charge on any atom is 0.343 e. The molecule has 0 N–H and O–H groups in total.